The topological polar surface area (TPSA) is 38.5 Å². The Morgan fingerprint density at radius 3 is 2.58 bits per heavy atom. The van der Waals surface area contributed by atoms with E-state index in [1.807, 2.05) is 0 Å². The Morgan fingerprint density at radius 2 is 2.00 bits per heavy atom. The molecule has 0 aliphatic rings. The second-order valence-electron chi connectivity index (χ2n) is 5.42. The zero-order chi connectivity index (χ0) is 14.4. The summed E-state index contributed by atoms with van der Waals surface area (Å²) in [5.41, 5.74) is 9.50. The zero-order valence-corrected chi connectivity index (χ0v) is 13.0. The molecule has 1 aromatic rings. The Bertz CT molecular complexity index is 404. The van der Waals surface area contributed by atoms with Crippen LogP contribution in [0, 0.1) is 13.8 Å². The number of hydrogen-bond acceptors (Lipinski definition) is 3. The second-order valence-corrected chi connectivity index (χ2v) is 5.42. The molecular formula is C16H28N2O. The third kappa shape index (κ3) is 4.51. The number of rotatable bonds is 7. The number of nitrogens with two attached hydrogens (primary N) is 1. The van der Waals surface area contributed by atoms with Crippen molar-refractivity contribution in [3.63, 3.8) is 0 Å². The highest BCUT2D eigenvalue weighted by Gasteiger charge is 2.12. The Balaban J connectivity index is 2.72. The van der Waals surface area contributed by atoms with Crippen molar-refractivity contribution in [1.29, 1.82) is 0 Å². The second kappa shape index (κ2) is 7.51. The van der Waals surface area contributed by atoms with Gasteiger partial charge in [-0.15, -0.1) is 0 Å². The summed E-state index contributed by atoms with van der Waals surface area (Å²) in [7, 11) is 3.91. The van der Waals surface area contributed by atoms with E-state index in [1.165, 1.54) is 16.7 Å². The molecule has 0 heterocycles. The number of ether oxygens (including phenoxy) is 1. The van der Waals surface area contributed by atoms with Crippen LogP contribution in [0.5, 0.6) is 5.75 Å². The molecule has 1 aromatic carbocycles. The van der Waals surface area contributed by atoms with Gasteiger partial charge >= 0.3 is 0 Å². The fourth-order valence-corrected chi connectivity index (χ4v) is 2.43. The molecule has 0 aliphatic heterocycles. The molecule has 1 rings (SSSR count). The van der Waals surface area contributed by atoms with E-state index in [0.717, 1.165) is 31.7 Å². The minimum absolute atomic E-state index is 0.529. The molecule has 2 N–H and O–H groups in total. The molecule has 3 heteroatoms. The van der Waals surface area contributed by atoms with Crippen LogP contribution in [-0.2, 0) is 6.42 Å². The van der Waals surface area contributed by atoms with E-state index < -0.39 is 0 Å². The summed E-state index contributed by atoms with van der Waals surface area (Å²) < 4.78 is 5.51. The van der Waals surface area contributed by atoms with Gasteiger partial charge in [0.1, 0.15) is 5.75 Å². The van der Waals surface area contributed by atoms with E-state index in [4.69, 9.17) is 10.5 Å². The number of nitrogens with zero attached hydrogens (tertiary/aromatic N) is 1. The van der Waals surface area contributed by atoms with Gasteiger partial charge < -0.3 is 15.4 Å². The Hall–Kier alpha value is -1.06. The lowest BCUT2D eigenvalue weighted by atomic mass is 10.0. The lowest BCUT2D eigenvalue weighted by molar-refractivity contribution is 0.250. The van der Waals surface area contributed by atoms with E-state index in [1.54, 1.807) is 7.11 Å². The molecular weight excluding hydrogens is 236 g/mol. The highest BCUT2D eigenvalue weighted by molar-refractivity contribution is 5.43. The van der Waals surface area contributed by atoms with Crippen molar-refractivity contribution >= 4 is 0 Å². The molecule has 0 aliphatic carbocycles. The minimum Gasteiger partial charge on any atom is -0.496 e. The summed E-state index contributed by atoms with van der Waals surface area (Å²) in [5, 5.41) is 0. The van der Waals surface area contributed by atoms with Crippen molar-refractivity contribution in [3.8, 4) is 5.75 Å². The van der Waals surface area contributed by atoms with E-state index in [9.17, 15) is 0 Å². The largest absolute Gasteiger partial charge is 0.496 e. The molecule has 19 heavy (non-hydrogen) atoms. The van der Waals surface area contributed by atoms with Crippen molar-refractivity contribution in [1.82, 2.24) is 4.90 Å². The summed E-state index contributed by atoms with van der Waals surface area (Å²) in [5.74, 6) is 1.01. The first kappa shape index (κ1) is 16.0. The number of likely N-dealkylation sites (N-methyl/N-ethyl adjacent to an activating group) is 1. The standard InChI is InChI=1S/C16H28N2O/c1-12-10-13(2)15(16(11-12)19-5)7-9-18(4)14(3)6-8-17/h10-11,14H,6-9,17H2,1-5H3. The monoisotopic (exact) mass is 264 g/mol. The summed E-state index contributed by atoms with van der Waals surface area (Å²) in [6.07, 6.45) is 2.06. The van der Waals surface area contributed by atoms with Gasteiger partial charge in [-0.25, -0.2) is 0 Å². The maximum Gasteiger partial charge on any atom is 0.122 e. The normalized spacial score (nSPS) is 12.8. The summed E-state index contributed by atoms with van der Waals surface area (Å²) >= 11 is 0. The number of aryl methyl sites for hydroxylation is 2. The molecule has 0 amide bonds. The smallest absolute Gasteiger partial charge is 0.122 e. The first-order valence-electron chi connectivity index (χ1n) is 7.04. The first-order valence-corrected chi connectivity index (χ1v) is 7.04. The van der Waals surface area contributed by atoms with E-state index in [2.05, 4.69) is 44.9 Å². The third-order valence-electron chi connectivity index (χ3n) is 3.85. The summed E-state index contributed by atoms with van der Waals surface area (Å²) in [6, 6.07) is 4.87. The van der Waals surface area contributed by atoms with Crippen LogP contribution in [0.1, 0.15) is 30.0 Å². The highest BCUT2D eigenvalue weighted by Crippen LogP contribution is 2.25. The van der Waals surface area contributed by atoms with E-state index in [-0.39, 0.29) is 0 Å². The summed E-state index contributed by atoms with van der Waals surface area (Å²) in [4.78, 5) is 2.37. The lowest BCUT2D eigenvalue weighted by Gasteiger charge is -2.25. The zero-order valence-electron chi connectivity index (χ0n) is 13.0. The Labute approximate surface area is 117 Å². The van der Waals surface area contributed by atoms with Crippen molar-refractivity contribution in [2.45, 2.75) is 39.7 Å². The van der Waals surface area contributed by atoms with E-state index in [0.29, 0.717) is 6.04 Å². The van der Waals surface area contributed by atoms with Gasteiger partial charge in [0.2, 0.25) is 0 Å². The van der Waals surface area contributed by atoms with Crippen molar-refractivity contribution in [3.05, 3.63) is 28.8 Å². The average Bonchev–Trinajstić information content (AvgIpc) is 2.36. The van der Waals surface area contributed by atoms with Crippen LogP contribution in [0.25, 0.3) is 0 Å². The molecule has 1 atom stereocenters. The SMILES string of the molecule is COc1cc(C)cc(C)c1CCN(C)C(C)CCN. The van der Waals surface area contributed by atoms with Gasteiger partial charge in [-0.05, 0) is 70.0 Å². The molecule has 0 spiro atoms. The average molecular weight is 264 g/mol. The minimum atomic E-state index is 0.529. The van der Waals surface area contributed by atoms with Crippen LogP contribution >= 0.6 is 0 Å². The fraction of sp³-hybridized carbons (Fsp3) is 0.625. The van der Waals surface area contributed by atoms with Gasteiger partial charge in [0.15, 0.2) is 0 Å². The predicted molar refractivity (Wildman–Crippen MR) is 81.9 cm³/mol. The number of hydrogen-bond donors (Lipinski definition) is 1. The third-order valence-corrected chi connectivity index (χ3v) is 3.85. The lowest BCUT2D eigenvalue weighted by Crippen LogP contribution is -2.32. The van der Waals surface area contributed by atoms with Crippen LogP contribution < -0.4 is 10.5 Å². The maximum absolute atomic E-state index is 5.61. The molecule has 0 radical (unpaired) electrons. The number of benzene rings is 1. The van der Waals surface area contributed by atoms with Crippen LogP contribution in [-0.4, -0.2) is 38.2 Å². The predicted octanol–water partition coefficient (Wildman–Crippen LogP) is 2.52. The van der Waals surface area contributed by atoms with Crippen molar-refractivity contribution in [2.75, 3.05) is 27.2 Å². The highest BCUT2D eigenvalue weighted by atomic mass is 16.5. The maximum atomic E-state index is 5.61. The van der Waals surface area contributed by atoms with E-state index >= 15 is 0 Å². The molecule has 0 fully saturated rings. The van der Waals surface area contributed by atoms with Gasteiger partial charge in [0.25, 0.3) is 0 Å². The molecule has 0 bridgehead atoms. The molecule has 108 valence electrons. The molecule has 0 saturated heterocycles. The molecule has 0 saturated carbocycles. The molecule has 1 unspecified atom stereocenters. The quantitative estimate of drug-likeness (QED) is 0.822. The Morgan fingerprint density at radius 1 is 1.32 bits per heavy atom. The van der Waals surface area contributed by atoms with Crippen molar-refractivity contribution < 1.29 is 4.74 Å². The van der Waals surface area contributed by atoms with Crippen LogP contribution in [0.2, 0.25) is 0 Å². The summed E-state index contributed by atoms with van der Waals surface area (Å²) in [6.45, 7) is 8.27. The Kier molecular flexibility index (Phi) is 6.32. The van der Waals surface area contributed by atoms with Gasteiger partial charge in [0.05, 0.1) is 7.11 Å². The van der Waals surface area contributed by atoms with Crippen LogP contribution in [0.4, 0.5) is 0 Å². The fourth-order valence-electron chi connectivity index (χ4n) is 2.43. The molecule has 0 aromatic heterocycles. The van der Waals surface area contributed by atoms with Crippen molar-refractivity contribution in [2.24, 2.45) is 5.73 Å². The van der Waals surface area contributed by atoms with Gasteiger partial charge in [0, 0.05) is 12.6 Å². The van der Waals surface area contributed by atoms with Crippen LogP contribution in [0.3, 0.4) is 0 Å². The van der Waals surface area contributed by atoms with Gasteiger partial charge in [-0.1, -0.05) is 6.07 Å². The van der Waals surface area contributed by atoms with Gasteiger partial charge in [-0.3, -0.25) is 0 Å². The van der Waals surface area contributed by atoms with Crippen LogP contribution in [0.15, 0.2) is 12.1 Å². The first-order chi connectivity index (χ1) is 8.99. The number of methoxy groups -OCH3 is 1. The van der Waals surface area contributed by atoms with Gasteiger partial charge in [-0.2, -0.15) is 0 Å². The molecule has 3 nitrogen and oxygen atoms in total.